The number of nitrogens with zero attached hydrogens (tertiary/aromatic N) is 1. The molecule has 5 heteroatoms. The molecule has 0 aliphatic rings. The van der Waals surface area contributed by atoms with Crippen LogP contribution in [0.3, 0.4) is 0 Å². The molecule has 11 heavy (non-hydrogen) atoms. The molecule has 0 spiro atoms. The number of alkyl halides is 2. The summed E-state index contributed by atoms with van der Waals surface area (Å²) in [6, 6.07) is 1.64. The Kier molecular flexibility index (Phi) is 3.61. The van der Waals surface area contributed by atoms with Gasteiger partial charge in [0, 0.05) is 6.42 Å². The second-order valence-electron chi connectivity index (χ2n) is 2.19. The highest BCUT2D eigenvalue weighted by Crippen LogP contribution is 2.15. The lowest BCUT2D eigenvalue weighted by molar-refractivity contribution is -0.117. The van der Waals surface area contributed by atoms with E-state index in [1.807, 2.05) is 0 Å². The molecule has 0 saturated heterocycles. The van der Waals surface area contributed by atoms with Crippen LogP contribution in [0.15, 0.2) is 0 Å². The highest BCUT2D eigenvalue weighted by Gasteiger charge is 2.34. The summed E-state index contributed by atoms with van der Waals surface area (Å²) in [5.74, 6) is 0. The lowest BCUT2D eigenvalue weighted by atomic mass is 9.98. The van der Waals surface area contributed by atoms with Gasteiger partial charge >= 0.3 is 0 Å². The number of nitriles is 1. The first-order valence-corrected chi connectivity index (χ1v) is 2.97. The van der Waals surface area contributed by atoms with Gasteiger partial charge in [-0.25, -0.2) is 8.78 Å². The predicted molar refractivity (Wildman–Crippen MR) is 33.8 cm³/mol. The van der Waals surface area contributed by atoms with Crippen LogP contribution in [-0.4, -0.2) is 18.3 Å². The third kappa shape index (κ3) is 2.60. The number of hydrogen-bond donors (Lipinski definition) is 1. The normalized spacial score (nSPS) is 15.5. The first-order chi connectivity index (χ1) is 5.06. The van der Waals surface area contributed by atoms with Crippen molar-refractivity contribution in [2.45, 2.75) is 24.8 Å². The van der Waals surface area contributed by atoms with Crippen molar-refractivity contribution in [1.82, 2.24) is 0 Å². The Morgan fingerprint density at radius 2 is 2.27 bits per heavy atom. The van der Waals surface area contributed by atoms with E-state index in [-0.39, 0.29) is 19.1 Å². The summed E-state index contributed by atoms with van der Waals surface area (Å²) in [6.45, 7) is 0. The third-order valence-corrected chi connectivity index (χ3v) is 1.30. The van der Waals surface area contributed by atoms with E-state index in [1.54, 1.807) is 6.07 Å². The minimum absolute atomic E-state index is 0.00495. The molecule has 0 aliphatic carbocycles. The largest absolute Gasteiger partial charge is 0.314 e. The van der Waals surface area contributed by atoms with Crippen LogP contribution in [0.2, 0.25) is 0 Å². The van der Waals surface area contributed by atoms with Gasteiger partial charge in [-0.15, -0.1) is 0 Å². The van der Waals surface area contributed by atoms with Gasteiger partial charge in [0.25, 0.3) is 6.43 Å². The molecule has 0 bridgehead atoms. The van der Waals surface area contributed by atoms with Crippen LogP contribution in [0.25, 0.3) is 0 Å². The Morgan fingerprint density at radius 3 is 2.55 bits per heavy atom. The van der Waals surface area contributed by atoms with E-state index in [9.17, 15) is 13.6 Å². The quantitative estimate of drug-likeness (QED) is 0.610. The standard InChI is InChI=1S/C6H8F2N2O/c7-5(8)6(10,4-11)2-1-3-9/h4-5H,1-2,10H2. The van der Waals surface area contributed by atoms with Crippen molar-refractivity contribution < 1.29 is 13.6 Å². The summed E-state index contributed by atoms with van der Waals surface area (Å²) in [6.07, 6.45) is -3.35. The predicted octanol–water partition coefficient (Wildman–Crippen LogP) is 0.452. The van der Waals surface area contributed by atoms with Gasteiger partial charge in [-0.05, 0) is 6.42 Å². The number of aldehydes is 1. The molecule has 1 unspecified atom stereocenters. The molecule has 0 heterocycles. The van der Waals surface area contributed by atoms with Crippen molar-refractivity contribution in [3.8, 4) is 6.07 Å². The van der Waals surface area contributed by atoms with Gasteiger partial charge in [0.15, 0.2) is 0 Å². The monoisotopic (exact) mass is 162 g/mol. The molecule has 0 radical (unpaired) electrons. The van der Waals surface area contributed by atoms with Gasteiger partial charge in [-0.2, -0.15) is 5.26 Å². The summed E-state index contributed by atoms with van der Waals surface area (Å²) < 4.78 is 23.9. The summed E-state index contributed by atoms with van der Waals surface area (Å²) in [7, 11) is 0. The zero-order chi connectivity index (χ0) is 8.91. The first kappa shape index (κ1) is 9.98. The molecular formula is C6H8F2N2O. The number of carbonyl (C=O) groups excluding carboxylic acids is 1. The molecule has 62 valence electrons. The second-order valence-corrected chi connectivity index (χ2v) is 2.19. The lowest BCUT2D eigenvalue weighted by Crippen LogP contribution is -2.48. The molecular weight excluding hydrogens is 154 g/mol. The van der Waals surface area contributed by atoms with Crippen molar-refractivity contribution in [2.24, 2.45) is 5.73 Å². The smallest absolute Gasteiger partial charge is 0.263 e. The number of nitrogens with two attached hydrogens (primary N) is 1. The summed E-state index contributed by atoms with van der Waals surface area (Å²) >= 11 is 0. The average Bonchev–Trinajstić information content (AvgIpc) is 2.00. The van der Waals surface area contributed by atoms with E-state index in [2.05, 4.69) is 0 Å². The molecule has 0 aromatic rings. The van der Waals surface area contributed by atoms with Crippen LogP contribution in [-0.2, 0) is 4.79 Å². The zero-order valence-corrected chi connectivity index (χ0v) is 5.76. The topological polar surface area (TPSA) is 66.9 Å². The van der Waals surface area contributed by atoms with Gasteiger partial charge in [-0.3, -0.25) is 0 Å². The van der Waals surface area contributed by atoms with E-state index < -0.39 is 12.0 Å². The summed E-state index contributed by atoms with van der Waals surface area (Å²) in [5, 5.41) is 8.04. The molecule has 1 atom stereocenters. The van der Waals surface area contributed by atoms with Gasteiger partial charge in [0.05, 0.1) is 6.07 Å². The molecule has 0 amide bonds. The lowest BCUT2D eigenvalue weighted by Gasteiger charge is -2.19. The Hall–Kier alpha value is -1.02. The molecule has 3 nitrogen and oxygen atoms in total. The van der Waals surface area contributed by atoms with Gasteiger partial charge in [0.2, 0.25) is 0 Å². The number of rotatable bonds is 4. The van der Waals surface area contributed by atoms with Crippen LogP contribution >= 0.6 is 0 Å². The molecule has 0 aromatic carbocycles. The SMILES string of the molecule is N#CCCC(N)(C=O)C(F)F. The average molecular weight is 162 g/mol. The van der Waals surface area contributed by atoms with Crippen LogP contribution in [0.1, 0.15) is 12.8 Å². The third-order valence-electron chi connectivity index (χ3n) is 1.30. The molecule has 0 saturated carbocycles. The Balaban J connectivity index is 4.12. The first-order valence-electron chi connectivity index (χ1n) is 2.97. The van der Waals surface area contributed by atoms with Gasteiger partial charge in [0.1, 0.15) is 11.8 Å². The molecule has 0 fully saturated rings. The van der Waals surface area contributed by atoms with E-state index >= 15 is 0 Å². The maximum Gasteiger partial charge on any atom is 0.263 e. The molecule has 0 rings (SSSR count). The van der Waals surface area contributed by atoms with Crippen LogP contribution in [0.4, 0.5) is 8.78 Å². The van der Waals surface area contributed by atoms with Gasteiger partial charge < -0.3 is 10.5 Å². The van der Waals surface area contributed by atoms with Crippen molar-refractivity contribution in [3.05, 3.63) is 0 Å². The highest BCUT2D eigenvalue weighted by molar-refractivity contribution is 5.64. The van der Waals surface area contributed by atoms with E-state index in [1.165, 1.54) is 0 Å². The van der Waals surface area contributed by atoms with E-state index in [0.717, 1.165) is 0 Å². The van der Waals surface area contributed by atoms with E-state index in [0.29, 0.717) is 0 Å². The zero-order valence-electron chi connectivity index (χ0n) is 5.76. The Bertz CT molecular complexity index is 178. The molecule has 2 N–H and O–H groups in total. The van der Waals surface area contributed by atoms with Crippen LogP contribution in [0.5, 0.6) is 0 Å². The second kappa shape index (κ2) is 3.98. The fourth-order valence-corrected chi connectivity index (χ4v) is 0.492. The van der Waals surface area contributed by atoms with Crippen molar-refractivity contribution in [1.29, 1.82) is 5.26 Å². The fourth-order valence-electron chi connectivity index (χ4n) is 0.492. The Morgan fingerprint density at radius 1 is 1.73 bits per heavy atom. The van der Waals surface area contributed by atoms with Crippen LogP contribution in [0, 0.1) is 11.3 Å². The molecule has 0 aliphatic heterocycles. The van der Waals surface area contributed by atoms with Crippen molar-refractivity contribution in [2.75, 3.05) is 0 Å². The summed E-state index contributed by atoms with van der Waals surface area (Å²) in [4.78, 5) is 10.1. The van der Waals surface area contributed by atoms with E-state index in [4.69, 9.17) is 11.0 Å². The van der Waals surface area contributed by atoms with Crippen molar-refractivity contribution >= 4 is 6.29 Å². The van der Waals surface area contributed by atoms with Gasteiger partial charge in [-0.1, -0.05) is 0 Å². The highest BCUT2D eigenvalue weighted by atomic mass is 19.3. The maximum atomic E-state index is 11.9. The minimum atomic E-state index is -2.91. The number of hydrogen-bond acceptors (Lipinski definition) is 3. The fraction of sp³-hybridized carbons (Fsp3) is 0.667. The van der Waals surface area contributed by atoms with Crippen LogP contribution < -0.4 is 5.73 Å². The Labute approximate surface area is 62.8 Å². The summed E-state index contributed by atoms with van der Waals surface area (Å²) in [5.41, 5.74) is 2.81. The maximum absolute atomic E-state index is 11.9. The number of halogens is 2. The van der Waals surface area contributed by atoms with Crippen molar-refractivity contribution in [3.63, 3.8) is 0 Å². The molecule has 0 aromatic heterocycles. The number of carbonyl (C=O) groups is 1. The minimum Gasteiger partial charge on any atom is -0.314 e.